The second kappa shape index (κ2) is 8.31. The fraction of sp³-hybridized carbons (Fsp3) is 0.190. The first-order chi connectivity index (χ1) is 13.1. The molecule has 6 heteroatoms. The average molecular weight is 362 g/mol. The minimum absolute atomic E-state index is 0.277. The Morgan fingerprint density at radius 1 is 1.11 bits per heavy atom. The van der Waals surface area contributed by atoms with Crippen LogP contribution in [0.3, 0.4) is 0 Å². The summed E-state index contributed by atoms with van der Waals surface area (Å²) in [5, 5.41) is 5.96. The molecule has 6 nitrogen and oxygen atoms in total. The molecule has 0 atom stereocenters. The summed E-state index contributed by atoms with van der Waals surface area (Å²) in [6.45, 7) is 4.07. The van der Waals surface area contributed by atoms with Crippen molar-refractivity contribution in [1.82, 2.24) is 9.97 Å². The van der Waals surface area contributed by atoms with E-state index in [1.54, 1.807) is 19.4 Å². The minimum Gasteiger partial charge on any atom is -0.495 e. The quantitative estimate of drug-likeness (QED) is 0.682. The van der Waals surface area contributed by atoms with Crippen LogP contribution in [-0.2, 0) is 6.42 Å². The van der Waals surface area contributed by atoms with Gasteiger partial charge in [-0.15, -0.1) is 0 Å². The van der Waals surface area contributed by atoms with Crippen molar-refractivity contribution in [1.29, 1.82) is 0 Å². The van der Waals surface area contributed by atoms with Crippen LogP contribution in [-0.4, -0.2) is 23.0 Å². The SMILES string of the molecule is CCc1ccc(NC(=O)c2ccnc(Nc3cc(C)ccc3OC)n2)cc1. The lowest BCUT2D eigenvalue weighted by atomic mass is 10.1. The number of ether oxygens (including phenoxy) is 1. The fourth-order valence-electron chi connectivity index (χ4n) is 2.60. The molecule has 0 unspecified atom stereocenters. The van der Waals surface area contributed by atoms with Gasteiger partial charge in [-0.1, -0.05) is 25.1 Å². The molecule has 3 aromatic rings. The van der Waals surface area contributed by atoms with Gasteiger partial charge in [0.25, 0.3) is 5.91 Å². The summed E-state index contributed by atoms with van der Waals surface area (Å²) in [5.74, 6) is 0.712. The third-order valence-corrected chi connectivity index (χ3v) is 4.11. The fourth-order valence-corrected chi connectivity index (χ4v) is 2.60. The lowest BCUT2D eigenvalue weighted by Crippen LogP contribution is -2.14. The molecule has 1 aromatic heterocycles. The van der Waals surface area contributed by atoms with Crippen LogP contribution in [0.15, 0.2) is 54.7 Å². The van der Waals surface area contributed by atoms with Crippen LogP contribution in [0.4, 0.5) is 17.3 Å². The summed E-state index contributed by atoms with van der Waals surface area (Å²) < 4.78 is 5.35. The van der Waals surface area contributed by atoms with Crippen LogP contribution in [0.25, 0.3) is 0 Å². The maximum absolute atomic E-state index is 12.5. The Hall–Kier alpha value is -3.41. The first-order valence-corrected chi connectivity index (χ1v) is 8.74. The zero-order valence-electron chi connectivity index (χ0n) is 15.6. The highest BCUT2D eigenvalue weighted by molar-refractivity contribution is 6.03. The first kappa shape index (κ1) is 18.4. The molecule has 0 saturated heterocycles. The number of hydrogen-bond donors (Lipinski definition) is 2. The molecule has 0 saturated carbocycles. The summed E-state index contributed by atoms with van der Waals surface area (Å²) in [5.41, 5.74) is 4.03. The largest absolute Gasteiger partial charge is 0.495 e. The smallest absolute Gasteiger partial charge is 0.274 e. The van der Waals surface area contributed by atoms with Gasteiger partial charge in [0.1, 0.15) is 11.4 Å². The number of nitrogens with one attached hydrogen (secondary N) is 2. The maximum atomic E-state index is 12.5. The van der Waals surface area contributed by atoms with Crippen LogP contribution in [0.1, 0.15) is 28.5 Å². The Balaban J connectivity index is 1.76. The van der Waals surface area contributed by atoms with Crippen molar-refractivity contribution in [2.75, 3.05) is 17.7 Å². The number of rotatable bonds is 6. The minimum atomic E-state index is -0.291. The van der Waals surface area contributed by atoms with E-state index in [0.717, 1.165) is 23.4 Å². The topological polar surface area (TPSA) is 76.1 Å². The van der Waals surface area contributed by atoms with Crippen molar-refractivity contribution in [3.8, 4) is 5.75 Å². The van der Waals surface area contributed by atoms with Crippen molar-refractivity contribution in [2.45, 2.75) is 20.3 Å². The maximum Gasteiger partial charge on any atom is 0.274 e. The van der Waals surface area contributed by atoms with Crippen molar-refractivity contribution in [3.05, 3.63) is 71.5 Å². The van der Waals surface area contributed by atoms with Crippen LogP contribution < -0.4 is 15.4 Å². The lowest BCUT2D eigenvalue weighted by molar-refractivity contribution is 0.102. The molecule has 2 aromatic carbocycles. The number of amides is 1. The number of aromatic nitrogens is 2. The molecule has 0 aliphatic carbocycles. The van der Waals surface area contributed by atoms with Crippen molar-refractivity contribution in [2.24, 2.45) is 0 Å². The van der Waals surface area contributed by atoms with Crippen molar-refractivity contribution >= 4 is 23.2 Å². The van der Waals surface area contributed by atoms with Gasteiger partial charge in [0, 0.05) is 11.9 Å². The number of nitrogens with zero attached hydrogens (tertiary/aromatic N) is 2. The number of carbonyl (C=O) groups excluding carboxylic acids is 1. The number of aryl methyl sites for hydroxylation is 2. The highest BCUT2D eigenvalue weighted by atomic mass is 16.5. The normalized spacial score (nSPS) is 10.3. The predicted molar refractivity (Wildman–Crippen MR) is 107 cm³/mol. The molecule has 1 amide bonds. The molecule has 3 rings (SSSR count). The van der Waals surface area contributed by atoms with Crippen molar-refractivity contribution < 1.29 is 9.53 Å². The van der Waals surface area contributed by atoms with E-state index in [-0.39, 0.29) is 11.6 Å². The highest BCUT2D eigenvalue weighted by Crippen LogP contribution is 2.27. The molecule has 27 heavy (non-hydrogen) atoms. The molecule has 0 radical (unpaired) electrons. The zero-order chi connectivity index (χ0) is 19.2. The Labute approximate surface area is 158 Å². The van der Waals surface area contributed by atoms with Gasteiger partial charge < -0.3 is 15.4 Å². The second-order valence-corrected chi connectivity index (χ2v) is 6.10. The van der Waals surface area contributed by atoms with E-state index in [0.29, 0.717) is 11.7 Å². The Morgan fingerprint density at radius 3 is 2.59 bits per heavy atom. The summed E-state index contributed by atoms with van der Waals surface area (Å²) in [4.78, 5) is 21.0. The van der Waals surface area contributed by atoms with Crippen LogP contribution >= 0.6 is 0 Å². The summed E-state index contributed by atoms with van der Waals surface area (Å²) in [7, 11) is 1.60. The standard InChI is InChI=1S/C21H22N4O2/c1-4-15-6-8-16(9-7-15)23-20(26)17-11-12-22-21(24-17)25-18-13-14(2)5-10-19(18)27-3/h5-13H,4H2,1-3H3,(H,23,26)(H,22,24,25). The van der Waals surface area contributed by atoms with Gasteiger partial charge in [-0.3, -0.25) is 4.79 Å². The summed E-state index contributed by atoms with van der Waals surface area (Å²) in [6, 6.07) is 15.1. The number of carbonyl (C=O) groups is 1. The van der Waals surface area contributed by atoms with E-state index < -0.39 is 0 Å². The third kappa shape index (κ3) is 4.61. The van der Waals surface area contributed by atoms with Crippen molar-refractivity contribution in [3.63, 3.8) is 0 Å². The molecule has 138 valence electrons. The Morgan fingerprint density at radius 2 is 1.89 bits per heavy atom. The first-order valence-electron chi connectivity index (χ1n) is 8.74. The molecular weight excluding hydrogens is 340 g/mol. The molecule has 0 aliphatic rings. The molecule has 2 N–H and O–H groups in total. The van der Waals surface area contributed by atoms with Crippen LogP contribution in [0.5, 0.6) is 5.75 Å². The summed E-state index contributed by atoms with van der Waals surface area (Å²) >= 11 is 0. The molecule has 0 aliphatic heterocycles. The third-order valence-electron chi connectivity index (χ3n) is 4.11. The van der Waals surface area contributed by atoms with Crippen LogP contribution in [0.2, 0.25) is 0 Å². The van der Waals surface area contributed by atoms with Gasteiger partial charge in [0.15, 0.2) is 0 Å². The van der Waals surface area contributed by atoms with Gasteiger partial charge in [-0.05, 0) is 54.8 Å². The second-order valence-electron chi connectivity index (χ2n) is 6.10. The van der Waals surface area contributed by atoms with E-state index in [2.05, 4.69) is 27.5 Å². The molecule has 1 heterocycles. The van der Waals surface area contributed by atoms with Gasteiger partial charge >= 0.3 is 0 Å². The summed E-state index contributed by atoms with van der Waals surface area (Å²) in [6.07, 6.45) is 2.50. The Kier molecular flexibility index (Phi) is 5.66. The number of methoxy groups -OCH3 is 1. The molecule has 0 fully saturated rings. The predicted octanol–water partition coefficient (Wildman–Crippen LogP) is 4.35. The zero-order valence-corrected chi connectivity index (χ0v) is 15.6. The van der Waals surface area contributed by atoms with Crippen LogP contribution in [0, 0.1) is 6.92 Å². The van der Waals surface area contributed by atoms with Gasteiger partial charge in [0.2, 0.25) is 5.95 Å². The molecule has 0 bridgehead atoms. The Bertz CT molecular complexity index is 939. The van der Waals surface area contributed by atoms with E-state index in [1.165, 1.54) is 5.56 Å². The molecule has 0 spiro atoms. The van der Waals surface area contributed by atoms with Gasteiger partial charge in [-0.2, -0.15) is 0 Å². The highest BCUT2D eigenvalue weighted by Gasteiger charge is 2.11. The number of hydrogen-bond acceptors (Lipinski definition) is 5. The van der Waals surface area contributed by atoms with E-state index in [9.17, 15) is 4.79 Å². The van der Waals surface area contributed by atoms with Gasteiger partial charge in [0.05, 0.1) is 12.8 Å². The molecular formula is C21H22N4O2. The van der Waals surface area contributed by atoms with E-state index in [4.69, 9.17) is 4.74 Å². The lowest BCUT2D eigenvalue weighted by Gasteiger charge is -2.11. The average Bonchev–Trinajstić information content (AvgIpc) is 2.69. The number of anilines is 3. The van der Waals surface area contributed by atoms with E-state index >= 15 is 0 Å². The van der Waals surface area contributed by atoms with E-state index in [1.807, 2.05) is 49.4 Å². The number of benzene rings is 2. The monoisotopic (exact) mass is 362 g/mol. The van der Waals surface area contributed by atoms with Gasteiger partial charge in [-0.25, -0.2) is 9.97 Å².